The smallest absolute Gasteiger partial charge is 0.191 e. The van der Waals surface area contributed by atoms with Crippen LogP contribution >= 0.6 is 0 Å². The van der Waals surface area contributed by atoms with Crippen LogP contribution in [-0.2, 0) is 19.5 Å². The van der Waals surface area contributed by atoms with Crippen LogP contribution in [0.25, 0.3) is 0 Å². The molecule has 3 rings (SSSR count). The monoisotopic (exact) mass is 392 g/mol. The quantitative estimate of drug-likeness (QED) is 0.454. The van der Waals surface area contributed by atoms with Crippen molar-refractivity contribution < 1.29 is 4.74 Å². The maximum absolute atomic E-state index is 6.07. The average molecular weight is 393 g/mol. The van der Waals surface area contributed by atoms with Gasteiger partial charge >= 0.3 is 0 Å². The lowest BCUT2D eigenvalue weighted by molar-refractivity contribution is 0.475. The van der Waals surface area contributed by atoms with Crippen LogP contribution in [0.5, 0.6) is 11.5 Å². The van der Waals surface area contributed by atoms with E-state index in [-0.39, 0.29) is 0 Å². The summed E-state index contributed by atoms with van der Waals surface area (Å²) in [5.41, 5.74) is 2.27. The van der Waals surface area contributed by atoms with E-state index in [0.717, 1.165) is 48.4 Å². The average Bonchev–Trinajstić information content (AvgIpc) is 3.20. The molecule has 0 atom stereocenters. The summed E-state index contributed by atoms with van der Waals surface area (Å²) < 4.78 is 8.12. The third-order valence-corrected chi connectivity index (χ3v) is 4.55. The Morgan fingerprint density at radius 1 is 1.10 bits per heavy atom. The van der Waals surface area contributed by atoms with Gasteiger partial charge in [0, 0.05) is 38.7 Å². The zero-order chi connectivity index (χ0) is 20.5. The van der Waals surface area contributed by atoms with Gasteiger partial charge < -0.3 is 19.9 Å². The number of guanidine groups is 1. The second-order valence-electron chi connectivity index (χ2n) is 6.67. The maximum atomic E-state index is 6.07. The minimum Gasteiger partial charge on any atom is -0.457 e. The van der Waals surface area contributed by atoms with Crippen molar-refractivity contribution in [3.63, 3.8) is 0 Å². The Hall–Kier alpha value is -3.35. The van der Waals surface area contributed by atoms with Crippen molar-refractivity contribution in [2.45, 2.75) is 33.4 Å². The largest absolute Gasteiger partial charge is 0.457 e. The molecule has 1 heterocycles. The van der Waals surface area contributed by atoms with Gasteiger partial charge in [0.1, 0.15) is 23.7 Å². The molecule has 0 bridgehead atoms. The number of nitrogens with zero attached hydrogens (tertiary/aromatic N) is 4. The first kappa shape index (κ1) is 20.4. The summed E-state index contributed by atoms with van der Waals surface area (Å²) in [5.74, 6) is 3.38. The minimum atomic E-state index is 0.606. The Balaban J connectivity index is 1.54. The van der Waals surface area contributed by atoms with Crippen LogP contribution in [-0.4, -0.2) is 34.3 Å². The Morgan fingerprint density at radius 2 is 1.90 bits per heavy atom. The third-order valence-electron chi connectivity index (χ3n) is 4.55. The van der Waals surface area contributed by atoms with Crippen molar-refractivity contribution in [2.24, 2.45) is 4.99 Å². The van der Waals surface area contributed by atoms with Gasteiger partial charge in [-0.1, -0.05) is 42.8 Å². The first-order valence-electron chi connectivity index (χ1n) is 9.83. The van der Waals surface area contributed by atoms with Crippen LogP contribution in [0.15, 0.2) is 59.9 Å². The van der Waals surface area contributed by atoms with E-state index in [2.05, 4.69) is 45.7 Å². The molecule has 0 aliphatic heterocycles. The van der Waals surface area contributed by atoms with Gasteiger partial charge in [-0.3, -0.25) is 4.99 Å². The van der Waals surface area contributed by atoms with Gasteiger partial charge in [0.05, 0.1) is 0 Å². The standard InChI is InChI=1S/C22H28N6O/c1-4-21-27-26-16-28(21)14-13-24-22(23-3)25-15-18-7-5-6-8-20(18)29-19-11-9-17(2)10-12-19/h5-12,16H,4,13-15H2,1-3H3,(H2,23,24,25). The molecule has 2 N–H and O–H groups in total. The van der Waals surface area contributed by atoms with Crippen molar-refractivity contribution >= 4 is 5.96 Å². The molecule has 0 fully saturated rings. The van der Waals surface area contributed by atoms with E-state index in [4.69, 9.17) is 4.74 Å². The van der Waals surface area contributed by atoms with E-state index in [0.29, 0.717) is 6.54 Å². The van der Waals surface area contributed by atoms with Gasteiger partial charge in [-0.15, -0.1) is 10.2 Å². The van der Waals surface area contributed by atoms with Crippen LogP contribution in [0.1, 0.15) is 23.9 Å². The van der Waals surface area contributed by atoms with Crippen molar-refractivity contribution in [3.05, 3.63) is 71.8 Å². The van der Waals surface area contributed by atoms with Gasteiger partial charge in [0.25, 0.3) is 0 Å². The number of hydrogen-bond donors (Lipinski definition) is 2. The van der Waals surface area contributed by atoms with Gasteiger partial charge in [0.15, 0.2) is 5.96 Å². The number of benzene rings is 2. The SMILES string of the molecule is CCc1nncn1CCNC(=NC)NCc1ccccc1Oc1ccc(C)cc1. The number of para-hydroxylation sites is 1. The normalized spacial score (nSPS) is 11.3. The molecular weight excluding hydrogens is 364 g/mol. The molecule has 0 amide bonds. The molecule has 0 spiro atoms. The summed E-state index contributed by atoms with van der Waals surface area (Å²) in [7, 11) is 1.76. The summed E-state index contributed by atoms with van der Waals surface area (Å²) in [6.07, 6.45) is 2.63. The highest BCUT2D eigenvalue weighted by Crippen LogP contribution is 2.25. The first-order chi connectivity index (χ1) is 14.2. The van der Waals surface area contributed by atoms with E-state index in [1.807, 2.05) is 47.0 Å². The topological polar surface area (TPSA) is 76.4 Å². The van der Waals surface area contributed by atoms with E-state index < -0.39 is 0 Å². The van der Waals surface area contributed by atoms with Crippen molar-refractivity contribution in [1.82, 2.24) is 25.4 Å². The van der Waals surface area contributed by atoms with Crippen molar-refractivity contribution in [1.29, 1.82) is 0 Å². The predicted octanol–water partition coefficient (Wildman–Crippen LogP) is 3.31. The number of aryl methyl sites for hydroxylation is 2. The molecule has 7 heteroatoms. The van der Waals surface area contributed by atoms with Gasteiger partial charge in [0.2, 0.25) is 0 Å². The highest BCUT2D eigenvalue weighted by atomic mass is 16.5. The molecule has 0 radical (unpaired) electrons. The molecule has 1 aromatic heterocycles. The molecular formula is C22H28N6O. The molecule has 3 aromatic rings. The van der Waals surface area contributed by atoms with Crippen LogP contribution in [0.2, 0.25) is 0 Å². The molecule has 0 aliphatic carbocycles. The summed E-state index contributed by atoms with van der Waals surface area (Å²) in [6.45, 7) is 6.25. The molecule has 0 unspecified atom stereocenters. The zero-order valence-electron chi connectivity index (χ0n) is 17.2. The molecule has 0 saturated heterocycles. The number of aliphatic imine (C=N–C) groups is 1. The van der Waals surface area contributed by atoms with Crippen LogP contribution in [0.3, 0.4) is 0 Å². The predicted molar refractivity (Wildman–Crippen MR) is 115 cm³/mol. The molecule has 152 valence electrons. The van der Waals surface area contributed by atoms with Crippen LogP contribution in [0.4, 0.5) is 0 Å². The number of nitrogens with one attached hydrogen (secondary N) is 2. The van der Waals surface area contributed by atoms with E-state index in [9.17, 15) is 0 Å². The molecule has 7 nitrogen and oxygen atoms in total. The minimum absolute atomic E-state index is 0.606. The van der Waals surface area contributed by atoms with Crippen LogP contribution < -0.4 is 15.4 Å². The summed E-state index contributed by atoms with van der Waals surface area (Å²) in [6, 6.07) is 16.1. The second kappa shape index (κ2) is 10.3. The number of aromatic nitrogens is 3. The van der Waals surface area contributed by atoms with Crippen molar-refractivity contribution in [2.75, 3.05) is 13.6 Å². The maximum Gasteiger partial charge on any atom is 0.191 e. The lowest BCUT2D eigenvalue weighted by atomic mass is 10.2. The zero-order valence-corrected chi connectivity index (χ0v) is 17.2. The van der Waals surface area contributed by atoms with Crippen LogP contribution in [0, 0.1) is 6.92 Å². The summed E-state index contributed by atoms with van der Waals surface area (Å²) in [4.78, 5) is 4.30. The fraction of sp³-hybridized carbons (Fsp3) is 0.318. The van der Waals surface area contributed by atoms with Crippen molar-refractivity contribution in [3.8, 4) is 11.5 Å². The third kappa shape index (κ3) is 5.81. The Labute approximate surface area is 171 Å². The first-order valence-corrected chi connectivity index (χ1v) is 9.83. The number of hydrogen-bond acceptors (Lipinski definition) is 4. The molecule has 0 saturated carbocycles. The Morgan fingerprint density at radius 3 is 2.66 bits per heavy atom. The fourth-order valence-corrected chi connectivity index (χ4v) is 2.92. The summed E-state index contributed by atoms with van der Waals surface area (Å²) >= 11 is 0. The van der Waals surface area contributed by atoms with E-state index in [1.165, 1.54) is 5.56 Å². The highest BCUT2D eigenvalue weighted by Gasteiger charge is 2.06. The highest BCUT2D eigenvalue weighted by molar-refractivity contribution is 5.79. The van der Waals surface area contributed by atoms with E-state index >= 15 is 0 Å². The molecule has 2 aromatic carbocycles. The van der Waals surface area contributed by atoms with Gasteiger partial charge in [-0.2, -0.15) is 0 Å². The molecule has 29 heavy (non-hydrogen) atoms. The lowest BCUT2D eigenvalue weighted by Crippen LogP contribution is -2.38. The van der Waals surface area contributed by atoms with Gasteiger partial charge in [-0.25, -0.2) is 0 Å². The second-order valence-corrected chi connectivity index (χ2v) is 6.67. The fourth-order valence-electron chi connectivity index (χ4n) is 2.92. The Kier molecular flexibility index (Phi) is 7.22. The molecule has 0 aliphatic rings. The lowest BCUT2D eigenvalue weighted by Gasteiger charge is -2.15. The van der Waals surface area contributed by atoms with E-state index in [1.54, 1.807) is 13.4 Å². The Bertz CT molecular complexity index is 932. The number of rotatable bonds is 8. The number of ether oxygens (including phenoxy) is 1. The summed E-state index contributed by atoms with van der Waals surface area (Å²) in [5, 5.41) is 14.7. The van der Waals surface area contributed by atoms with Gasteiger partial charge in [-0.05, 0) is 25.1 Å².